The largest absolute Gasteiger partial charge is 0.0809 e. The Labute approximate surface area is 99.7 Å². The standard InChI is InChI=1S/C15H20Si/c1-16(2,15-10-6-7-11-15)13-12-14-8-4-3-5-9-14/h3-10H,11-13H2,1-2H3. The van der Waals surface area contributed by atoms with Crippen LogP contribution in [0, 0.1) is 0 Å². The third-order valence-electron chi connectivity index (χ3n) is 3.52. The summed E-state index contributed by atoms with van der Waals surface area (Å²) in [6, 6.07) is 12.2. The van der Waals surface area contributed by atoms with Gasteiger partial charge in [-0.1, -0.05) is 66.9 Å². The van der Waals surface area contributed by atoms with Crippen LogP contribution in [0.25, 0.3) is 0 Å². The van der Waals surface area contributed by atoms with Gasteiger partial charge in [-0.2, -0.15) is 0 Å². The molecule has 0 atom stereocenters. The van der Waals surface area contributed by atoms with Crippen LogP contribution >= 0.6 is 0 Å². The minimum atomic E-state index is -1.15. The Morgan fingerprint density at radius 3 is 2.50 bits per heavy atom. The van der Waals surface area contributed by atoms with Gasteiger partial charge in [0, 0.05) is 0 Å². The fraction of sp³-hybridized carbons (Fsp3) is 0.333. The van der Waals surface area contributed by atoms with E-state index in [2.05, 4.69) is 61.7 Å². The second-order valence-electron chi connectivity index (χ2n) is 5.19. The second kappa shape index (κ2) is 4.83. The number of hydrogen-bond donors (Lipinski definition) is 0. The van der Waals surface area contributed by atoms with E-state index in [0.717, 1.165) is 0 Å². The molecule has 84 valence electrons. The number of allylic oxidation sites excluding steroid dienone is 4. The molecule has 0 amide bonds. The summed E-state index contributed by atoms with van der Waals surface area (Å²) in [5, 5.41) is 1.71. The average Bonchev–Trinajstić information content (AvgIpc) is 2.82. The first kappa shape index (κ1) is 11.4. The zero-order valence-electron chi connectivity index (χ0n) is 10.2. The van der Waals surface area contributed by atoms with Crippen molar-refractivity contribution in [2.75, 3.05) is 0 Å². The fourth-order valence-electron chi connectivity index (χ4n) is 2.21. The van der Waals surface area contributed by atoms with Crippen molar-refractivity contribution in [1.82, 2.24) is 0 Å². The van der Waals surface area contributed by atoms with Crippen molar-refractivity contribution in [3.05, 3.63) is 59.3 Å². The van der Waals surface area contributed by atoms with Crippen molar-refractivity contribution in [3.63, 3.8) is 0 Å². The first-order valence-electron chi connectivity index (χ1n) is 6.08. The van der Waals surface area contributed by atoms with Crippen molar-refractivity contribution in [1.29, 1.82) is 0 Å². The van der Waals surface area contributed by atoms with Crippen molar-refractivity contribution in [3.8, 4) is 0 Å². The maximum absolute atomic E-state index is 2.49. The van der Waals surface area contributed by atoms with E-state index in [0.29, 0.717) is 0 Å². The van der Waals surface area contributed by atoms with Gasteiger partial charge in [0.05, 0.1) is 8.07 Å². The van der Waals surface area contributed by atoms with E-state index in [4.69, 9.17) is 0 Å². The quantitative estimate of drug-likeness (QED) is 0.672. The Bertz CT molecular complexity index is 399. The first-order chi connectivity index (χ1) is 7.68. The molecule has 1 aliphatic rings. The van der Waals surface area contributed by atoms with E-state index in [1.165, 1.54) is 24.4 Å². The van der Waals surface area contributed by atoms with E-state index in [9.17, 15) is 0 Å². The first-order valence-corrected chi connectivity index (χ1v) is 9.29. The third-order valence-corrected chi connectivity index (χ3v) is 7.13. The third kappa shape index (κ3) is 2.73. The molecule has 0 spiro atoms. The fourth-order valence-corrected chi connectivity index (χ4v) is 4.66. The number of rotatable bonds is 4. The maximum atomic E-state index is 2.49. The SMILES string of the molecule is C[Si](C)(CCc1ccccc1)C1=CC=CC1. The topological polar surface area (TPSA) is 0 Å². The lowest BCUT2D eigenvalue weighted by atomic mass is 10.2. The van der Waals surface area contributed by atoms with Crippen molar-refractivity contribution in [2.24, 2.45) is 0 Å². The molecule has 0 radical (unpaired) electrons. The summed E-state index contributed by atoms with van der Waals surface area (Å²) in [5.74, 6) is 0. The van der Waals surface area contributed by atoms with E-state index in [1.807, 2.05) is 0 Å². The van der Waals surface area contributed by atoms with Gasteiger partial charge in [-0.05, 0) is 24.4 Å². The van der Waals surface area contributed by atoms with E-state index >= 15 is 0 Å². The Kier molecular flexibility index (Phi) is 3.45. The minimum absolute atomic E-state index is 1.15. The van der Waals surface area contributed by atoms with Crippen LogP contribution in [-0.2, 0) is 6.42 Å². The van der Waals surface area contributed by atoms with Crippen molar-refractivity contribution < 1.29 is 0 Å². The van der Waals surface area contributed by atoms with Gasteiger partial charge in [0.25, 0.3) is 0 Å². The highest BCUT2D eigenvalue weighted by molar-refractivity contribution is 6.84. The van der Waals surface area contributed by atoms with Gasteiger partial charge in [0.1, 0.15) is 0 Å². The normalized spacial score (nSPS) is 15.2. The van der Waals surface area contributed by atoms with Gasteiger partial charge in [0.15, 0.2) is 0 Å². The molecule has 0 N–H and O–H groups in total. The lowest BCUT2D eigenvalue weighted by Crippen LogP contribution is -2.28. The molecule has 0 bridgehead atoms. The molecule has 1 aliphatic carbocycles. The summed E-state index contributed by atoms with van der Waals surface area (Å²) in [6.07, 6.45) is 9.28. The molecule has 2 rings (SSSR count). The number of aryl methyl sites for hydroxylation is 1. The summed E-state index contributed by atoms with van der Waals surface area (Å²) in [5.41, 5.74) is 1.48. The van der Waals surface area contributed by atoms with Gasteiger partial charge >= 0.3 is 0 Å². The second-order valence-corrected chi connectivity index (χ2v) is 10.1. The molecule has 16 heavy (non-hydrogen) atoms. The van der Waals surface area contributed by atoms with Gasteiger partial charge in [-0.15, -0.1) is 0 Å². The number of benzene rings is 1. The molecule has 0 nitrogen and oxygen atoms in total. The Hall–Kier alpha value is -1.08. The summed E-state index contributed by atoms with van der Waals surface area (Å²) < 4.78 is 0. The van der Waals surface area contributed by atoms with Crippen LogP contribution in [0.4, 0.5) is 0 Å². The van der Waals surface area contributed by atoms with Crippen LogP contribution in [0.15, 0.2) is 53.8 Å². The van der Waals surface area contributed by atoms with Gasteiger partial charge in [-0.25, -0.2) is 0 Å². The summed E-state index contributed by atoms with van der Waals surface area (Å²) in [6.45, 7) is 4.99. The van der Waals surface area contributed by atoms with E-state index < -0.39 is 8.07 Å². The van der Waals surface area contributed by atoms with Gasteiger partial charge in [-0.3, -0.25) is 0 Å². The highest BCUT2D eigenvalue weighted by Gasteiger charge is 2.25. The summed E-state index contributed by atoms with van der Waals surface area (Å²) >= 11 is 0. The number of hydrogen-bond acceptors (Lipinski definition) is 0. The Morgan fingerprint density at radius 2 is 1.88 bits per heavy atom. The molecule has 0 unspecified atom stereocenters. The molecular weight excluding hydrogens is 208 g/mol. The van der Waals surface area contributed by atoms with Crippen LogP contribution in [0.5, 0.6) is 0 Å². The molecular formula is C15H20Si. The molecule has 1 aromatic carbocycles. The predicted octanol–water partition coefficient (Wildman–Crippen LogP) is 4.36. The van der Waals surface area contributed by atoms with Crippen LogP contribution in [0.2, 0.25) is 19.1 Å². The lowest BCUT2D eigenvalue weighted by Gasteiger charge is -2.24. The molecule has 0 aliphatic heterocycles. The molecule has 0 fully saturated rings. The van der Waals surface area contributed by atoms with E-state index in [1.54, 1.807) is 5.20 Å². The highest BCUT2D eigenvalue weighted by Crippen LogP contribution is 2.27. The van der Waals surface area contributed by atoms with Crippen molar-refractivity contribution >= 4 is 8.07 Å². The summed E-state index contributed by atoms with van der Waals surface area (Å²) in [4.78, 5) is 0. The predicted molar refractivity (Wildman–Crippen MR) is 74.3 cm³/mol. The zero-order valence-corrected chi connectivity index (χ0v) is 11.2. The average molecular weight is 228 g/mol. The molecule has 1 aromatic rings. The molecule has 0 saturated heterocycles. The molecule has 0 heterocycles. The van der Waals surface area contributed by atoms with Crippen LogP contribution in [0.3, 0.4) is 0 Å². The van der Waals surface area contributed by atoms with Crippen LogP contribution in [0.1, 0.15) is 12.0 Å². The zero-order chi connectivity index (χ0) is 11.4. The Balaban J connectivity index is 1.95. The summed E-state index contributed by atoms with van der Waals surface area (Å²) in [7, 11) is -1.15. The minimum Gasteiger partial charge on any atom is -0.0809 e. The maximum Gasteiger partial charge on any atom is 0.0762 e. The van der Waals surface area contributed by atoms with Crippen molar-refractivity contribution in [2.45, 2.75) is 32.0 Å². The molecule has 1 heteroatoms. The smallest absolute Gasteiger partial charge is 0.0762 e. The molecule has 0 saturated carbocycles. The van der Waals surface area contributed by atoms with Crippen LogP contribution in [-0.4, -0.2) is 8.07 Å². The Morgan fingerprint density at radius 1 is 1.12 bits per heavy atom. The lowest BCUT2D eigenvalue weighted by molar-refractivity contribution is 1.09. The van der Waals surface area contributed by atoms with Gasteiger partial charge in [0.2, 0.25) is 0 Å². The van der Waals surface area contributed by atoms with Crippen LogP contribution < -0.4 is 0 Å². The van der Waals surface area contributed by atoms with Gasteiger partial charge < -0.3 is 0 Å². The highest BCUT2D eigenvalue weighted by atomic mass is 28.3. The van der Waals surface area contributed by atoms with E-state index in [-0.39, 0.29) is 0 Å². The monoisotopic (exact) mass is 228 g/mol. The molecule has 0 aromatic heterocycles.